The number of nitrogen functional groups attached to an aromatic ring is 1. The van der Waals surface area contributed by atoms with E-state index in [0.717, 1.165) is 24.5 Å². The van der Waals surface area contributed by atoms with Crippen LogP contribution >= 0.6 is 0 Å². The third-order valence-electron chi connectivity index (χ3n) is 2.87. The van der Waals surface area contributed by atoms with Gasteiger partial charge in [-0.05, 0) is 34.9 Å². The molecule has 5 heteroatoms. The molecule has 1 aromatic heterocycles. The van der Waals surface area contributed by atoms with Gasteiger partial charge in [0, 0.05) is 24.7 Å². The van der Waals surface area contributed by atoms with Gasteiger partial charge in [0.1, 0.15) is 18.0 Å². The second-order valence-electron chi connectivity index (χ2n) is 4.60. The lowest BCUT2D eigenvalue weighted by Crippen LogP contribution is -2.41. The predicted molar refractivity (Wildman–Crippen MR) is 72.2 cm³/mol. The Morgan fingerprint density at radius 2 is 2.00 bits per heavy atom. The van der Waals surface area contributed by atoms with Gasteiger partial charge in [0.2, 0.25) is 0 Å². The summed E-state index contributed by atoms with van der Waals surface area (Å²) in [7, 11) is 4.15. The van der Waals surface area contributed by atoms with Gasteiger partial charge < -0.3 is 15.5 Å². The number of anilines is 2. The van der Waals surface area contributed by atoms with E-state index in [1.165, 1.54) is 6.33 Å². The maximum Gasteiger partial charge on any atom is 0.137 e. The molecule has 0 aromatic carbocycles. The summed E-state index contributed by atoms with van der Waals surface area (Å²) in [6.07, 6.45) is 1.53. The zero-order chi connectivity index (χ0) is 13.0. The van der Waals surface area contributed by atoms with Crippen molar-refractivity contribution in [1.82, 2.24) is 14.9 Å². The Morgan fingerprint density at radius 3 is 2.53 bits per heavy atom. The van der Waals surface area contributed by atoms with E-state index in [9.17, 15) is 0 Å². The number of hydrogen-bond donors (Lipinski definition) is 1. The highest BCUT2D eigenvalue weighted by molar-refractivity contribution is 5.56. The minimum absolute atomic E-state index is 0.392. The molecule has 5 nitrogen and oxygen atoms in total. The molecule has 0 spiro atoms. The molecular formula is C12H23N5. The number of hydrogen-bond acceptors (Lipinski definition) is 5. The molecule has 0 saturated carbocycles. The van der Waals surface area contributed by atoms with Gasteiger partial charge in [-0.25, -0.2) is 9.97 Å². The fraction of sp³-hybridized carbons (Fsp3) is 0.667. The number of nitrogens with two attached hydrogens (primary N) is 1. The van der Waals surface area contributed by atoms with Gasteiger partial charge >= 0.3 is 0 Å². The molecule has 0 aliphatic heterocycles. The Labute approximate surface area is 104 Å². The lowest BCUT2D eigenvalue weighted by Gasteiger charge is -2.32. The minimum Gasteiger partial charge on any atom is -0.383 e. The van der Waals surface area contributed by atoms with E-state index >= 15 is 0 Å². The lowest BCUT2D eigenvalue weighted by atomic mass is 10.2. The topological polar surface area (TPSA) is 58.3 Å². The molecule has 1 aromatic rings. The first-order chi connectivity index (χ1) is 7.97. The van der Waals surface area contributed by atoms with E-state index in [1.54, 1.807) is 0 Å². The Kier molecular flexibility index (Phi) is 4.69. The van der Waals surface area contributed by atoms with Crippen molar-refractivity contribution < 1.29 is 0 Å². The summed E-state index contributed by atoms with van der Waals surface area (Å²) in [5.74, 6) is 1.50. The van der Waals surface area contributed by atoms with Crippen LogP contribution in [0.25, 0.3) is 0 Å². The van der Waals surface area contributed by atoms with E-state index in [4.69, 9.17) is 5.73 Å². The van der Waals surface area contributed by atoms with Crippen molar-refractivity contribution in [2.45, 2.75) is 26.8 Å². The average Bonchev–Trinajstić information content (AvgIpc) is 2.24. The van der Waals surface area contributed by atoms with Gasteiger partial charge in [-0.3, -0.25) is 0 Å². The van der Waals surface area contributed by atoms with Crippen molar-refractivity contribution in [1.29, 1.82) is 0 Å². The van der Waals surface area contributed by atoms with Crippen LogP contribution in [-0.4, -0.2) is 48.1 Å². The Bertz CT molecular complexity index is 364. The molecule has 1 heterocycles. The third-order valence-corrected chi connectivity index (χ3v) is 2.87. The van der Waals surface area contributed by atoms with Gasteiger partial charge in [-0.2, -0.15) is 0 Å². The first-order valence-corrected chi connectivity index (χ1v) is 5.95. The molecule has 0 saturated heterocycles. The van der Waals surface area contributed by atoms with Crippen molar-refractivity contribution in [3.8, 4) is 0 Å². The Balaban J connectivity index is 2.97. The molecule has 0 fully saturated rings. The molecule has 0 bridgehead atoms. The first-order valence-electron chi connectivity index (χ1n) is 5.95. The van der Waals surface area contributed by atoms with Gasteiger partial charge in [-0.1, -0.05) is 0 Å². The van der Waals surface area contributed by atoms with E-state index in [-0.39, 0.29) is 0 Å². The van der Waals surface area contributed by atoms with Crippen LogP contribution in [0.3, 0.4) is 0 Å². The van der Waals surface area contributed by atoms with E-state index in [1.807, 2.05) is 6.92 Å². The summed E-state index contributed by atoms with van der Waals surface area (Å²) >= 11 is 0. The fourth-order valence-corrected chi connectivity index (χ4v) is 2.04. The van der Waals surface area contributed by atoms with E-state index in [0.29, 0.717) is 11.9 Å². The number of rotatable bonds is 5. The smallest absolute Gasteiger partial charge is 0.137 e. The van der Waals surface area contributed by atoms with Gasteiger partial charge in [-0.15, -0.1) is 0 Å². The van der Waals surface area contributed by atoms with Crippen LogP contribution in [0.15, 0.2) is 6.33 Å². The standard InChI is InChI=1S/C12H23N5/c1-6-17(9(2)7-16(4)5)12-10(3)11(13)14-8-15-12/h8-9H,6-7H2,1-5H3,(H2,13,14,15). The number of likely N-dealkylation sites (N-methyl/N-ethyl adjacent to an activating group) is 2. The normalized spacial score (nSPS) is 12.8. The molecule has 0 aliphatic rings. The second-order valence-corrected chi connectivity index (χ2v) is 4.60. The SMILES string of the molecule is CCN(c1ncnc(N)c1C)C(C)CN(C)C. The summed E-state index contributed by atoms with van der Waals surface area (Å²) in [6.45, 7) is 8.18. The van der Waals surface area contributed by atoms with Gasteiger partial charge in [0.05, 0.1) is 0 Å². The number of aromatic nitrogens is 2. The first kappa shape index (κ1) is 13.7. The van der Waals surface area contributed by atoms with Crippen molar-refractivity contribution in [2.24, 2.45) is 0 Å². The highest BCUT2D eigenvalue weighted by Gasteiger charge is 2.17. The van der Waals surface area contributed by atoms with Crippen LogP contribution in [0.5, 0.6) is 0 Å². The van der Waals surface area contributed by atoms with Gasteiger partial charge in [0.25, 0.3) is 0 Å². The third kappa shape index (κ3) is 3.30. The summed E-state index contributed by atoms with van der Waals surface area (Å²) in [5, 5.41) is 0. The van der Waals surface area contributed by atoms with E-state index < -0.39 is 0 Å². The van der Waals surface area contributed by atoms with Crippen LogP contribution in [-0.2, 0) is 0 Å². The molecule has 0 aliphatic carbocycles. The fourth-order valence-electron chi connectivity index (χ4n) is 2.04. The zero-order valence-electron chi connectivity index (χ0n) is 11.4. The zero-order valence-corrected chi connectivity index (χ0v) is 11.4. The van der Waals surface area contributed by atoms with Crippen molar-refractivity contribution in [2.75, 3.05) is 37.8 Å². The molecule has 0 amide bonds. The van der Waals surface area contributed by atoms with Crippen LogP contribution in [0, 0.1) is 6.92 Å². The highest BCUT2D eigenvalue weighted by Crippen LogP contribution is 2.21. The Hall–Kier alpha value is -1.36. The predicted octanol–water partition coefficient (Wildman–Crippen LogP) is 1.14. The molecule has 1 unspecified atom stereocenters. The molecular weight excluding hydrogens is 214 g/mol. The lowest BCUT2D eigenvalue weighted by molar-refractivity contribution is 0.372. The molecule has 1 rings (SSSR count). The molecule has 96 valence electrons. The maximum atomic E-state index is 5.83. The second kappa shape index (κ2) is 5.82. The average molecular weight is 237 g/mol. The van der Waals surface area contributed by atoms with Crippen molar-refractivity contribution >= 4 is 11.6 Å². The van der Waals surface area contributed by atoms with Crippen LogP contribution < -0.4 is 10.6 Å². The highest BCUT2D eigenvalue weighted by atomic mass is 15.2. The monoisotopic (exact) mass is 237 g/mol. The molecule has 17 heavy (non-hydrogen) atoms. The maximum absolute atomic E-state index is 5.83. The van der Waals surface area contributed by atoms with Crippen molar-refractivity contribution in [3.05, 3.63) is 11.9 Å². The molecule has 1 atom stereocenters. The van der Waals surface area contributed by atoms with Crippen molar-refractivity contribution in [3.63, 3.8) is 0 Å². The molecule has 2 N–H and O–H groups in total. The minimum atomic E-state index is 0.392. The number of nitrogens with zero attached hydrogens (tertiary/aromatic N) is 4. The summed E-state index contributed by atoms with van der Waals surface area (Å²) in [6, 6.07) is 0.392. The van der Waals surface area contributed by atoms with Crippen LogP contribution in [0.2, 0.25) is 0 Å². The quantitative estimate of drug-likeness (QED) is 0.832. The van der Waals surface area contributed by atoms with E-state index in [2.05, 4.69) is 47.7 Å². The summed E-state index contributed by atoms with van der Waals surface area (Å²) < 4.78 is 0. The Morgan fingerprint density at radius 1 is 1.35 bits per heavy atom. The largest absolute Gasteiger partial charge is 0.383 e. The van der Waals surface area contributed by atoms with Crippen LogP contribution in [0.4, 0.5) is 11.6 Å². The van der Waals surface area contributed by atoms with Crippen LogP contribution in [0.1, 0.15) is 19.4 Å². The molecule has 0 radical (unpaired) electrons. The summed E-state index contributed by atoms with van der Waals surface area (Å²) in [5.41, 5.74) is 6.78. The van der Waals surface area contributed by atoms with Gasteiger partial charge in [0.15, 0.2) is 0 Å². The summed E-state index contributed by atoms with van der Waals surface area (Å²) in [4.78, 5) is 12.8.